The molecule has 1 N–H and O–H groups in total. The maximum Gasteiger partial charge on any atom is 0.293 e. The fourth-order valence-electron chi connectivity index (χ4n) is 2.49. The van der Waals surface area contributed by atoms with Crippen LogP contribution in [0.1, 0.15) is 20.3 Å². The molecule has 0 saturated carbocycles. The molecule has 130 valence electrons. The minimum Gasteiger partial charge on any atom is -0.354 e. The van der Waals surface area contributed by atoms with E-state index in [-0.39, 0.29) is 18.0 Å². The van der Waals surface area contributed by atoms with E-state index in [0.29, 0.717) is 23.7 Å². The van der Waals surface area contributed by atoms with Gasteiger partial charge in [0.15, 0.2) is 0 Å². The standard InChI is InChI=1S/C18H21N5O2/c1-13(2)8-9-19-17(24)11-22-18(25)16-10-15(21-23(16)12-20-22)14-6-4-3-5-7-14/h3-7,10,12-13H,8-9,11H2,1-2H3,(H,19,24). The smallest absolute Gasteiger partial charge is 0.293 e. The van der Waals surface area contributed by atoms with Crippen molar-refractivity contribution in [3.8, 4) is 11.3 Å². The summed E-state index contributed by atoms with van der Waals surface area (Å²) in [6, 6.07) is 11.3. The van der Waals surface area contributed by atoms with Crippen molar-refractivity contribution in [2.75, 3.05) is 6.54 Å². The van der Waals surface area contributed by atoms with Crippen LogP contribution in [0.15, 0.2) is 47.5 Å². The molecule has 0 aliphatic carbocycles. The van der Waals surface area contributed by atoms with Crippen LogP contribution in [0.2, 0.25) is 0 Å². The maximum atomic E-state index is 12.6. The van der Waals surface area contributed by atoms with Gasteiger partial charge in [-0.1, -0.05) is 44.2 Å². The van der Waals surface area contributed by atoms with Crippen molar-refractivity contribution in [2.24, 2.45) is 5.92 Å². The minimum atomic E-state index is -0.337. The van der Waals surface area contributed by atoms with Gasteiger partial charge in [-0.05, 0) is 18.4 Å². The van der Waals surface area contributed by atoms with Crippen molar-refractivity contribution < 1.29 is 4.79 Å². The molecule has 25 heavy (non-hydrogen) atoms. The average molecular weight is 339 g/mol. The Labute approximate surface area is 145 Å². The summed E-state index contributed by atoms with van der Waals surface area (Å²) in [5, 5.41) is 11.2. The Bertz CT molecular complexity index is 928. The molecule has 0 unspecified atom stereocenters. The number of nitrogens with one attached hydrogen (secondary N) is 1. The van der Waals surface area contributed by atoms with Crippen LogP contribution in [0.5, 0.6) is 0 Å². The van der Waals surface area contributed by atoms with E-state index in [1.54, 1.807) is 6.07 Å². The molecule has 0 bridgehead atoms. The monoisotopic (exact) mass is 339 g/mol. The van der Waals surface area contributed by atoms with Crippen molar-refractivity contribution in [1.82, 2.24) is 24.7 Å². The van der Waals surface area contributed by atoms with Crippen molar-refractivity contribution in [3.05, 3.63) is 53.1 Å². The average Bonchev–Trinajstić information content (AvgIpc) is 3.03. The number of rotatable bonds is 6. The van der Waals surface area contributed by atoms with Gasteiger partial charge in [0.25, 0.3) is 5.56 Å². The van der Waals surface area contributed by atoms with E-state index in [4.69, 9.17) is 0 Å². The first kappa shape index (κ1) is 16.9. The second-order valence-corrected chi connectivity index (χ2v) is 6.35. The fraction of sp³-hybridized carbons (Fsp3) is 0.333. The first-order valence-electron chi connectivity index (χ1n) is 8.32. The zero-order chi connectivity index (χ0) is 17.8. The zero-order valence-electron chi connectivity index (χ0n) is 14.3. The number of aromatic nitrogens is 4. The number of hydrogen-bond donors (Lipinski definition) is 1. The molecular weight excluding hydrogens is 318 g/mol. The van der Waals surface area contributed by atoms with Gasteiger partial charge in [-0.3, -0.25) is 9.59 Å². The van der Waals surface area contributed by atoms with Gasteiger partial charge in [0.2, 0.25) is 5.91 Å². The van der Waals surface area contributed by atoms with Crippen molar-refractivity contribution in [2.45, 2.75) is 26.8 Å². The number of hydrogen-bond acceptors (Lipinski definition) is 4. The Balaban J connectivity index is 1.80. The summed E-state index contributed by atoms with van der Waals surface area (Å²) in [5.41, 5.74) is 1.67. The lowest BCUT2D eigenvalue weighted by molar-refractivity contribution is -0.121. The number of benzene rings is 1. The number of carbonyl (C=O) groups excluding carboxylic acids is 1. The van der Waals surface area contributed by atoms with E-state index in [1.165, 1.54) is 10.8 Å². The summed E-state index contributed by atoms with van der Waals surface area (Å²) >= 11 is 0. The number of amides is 1. The highest BCUT2D eigenvalue weighted by Crippen LogP contribution is 2.17. The predicted octanol–water partition coefficient (Wildman–Crippen LogP) is 1.72. The van der Waals surface area contributed by atoms with Crippen LogP contribution in [-0.4, -0.2) is 31.8 Å². The van der Waals surface area contributed by atoms with E-state index < -0.39 is 0 Å². The molecule has 0 aliphatic heterocycles. The summed E-state index contributed by atoms with van der Waals surface area (Å²) < 4.78 is 2.61. The molecular formula is C18H21N5O2. The highest BCUT2D eigenvalue weighted by molar-refractivity contribution is 5.75. The Kier molecular flexibility index (Phi) is 4.92. The van der Waals surface area contributed by atoms with Crippen LogP contribution in [0.4, 0.5) is 0 Å². The summed E-state index contributed by atoms with van der Waals surface area (Å²) in [5.74, 6) is 0.295. The highest BCUT2D eigenvalue weighted by atomic mass is 16.2. The van der Waals surface area contributed by atoms with Crippen LogP contribution in [0, 0.1) is 5.92 Å². The molecule has 0 spiro atoms. The van der Waals surface area contributed by atoms with Gasteiger partial charge in [-0.25, -0.2) is 9.20 Å². The minimum absolute atomic E-state index is 0.0979. The maximum absolute atomic E-state index is 12.6. The third-order valence-corrected chi connectivity index (χ3v) is 3.90. The van der Waals surface area contributed by atoms with E-state index in [9.17, 15) is 9.59 Å². The van der Waals surface area contributed by atoms with Crippen LogP contribution in [0.3, 0.4) is 0 Å². The molecule has 7 nitrogen and oxygen atoms in total. The number of carbonyl (C=O) groups is 1. The Hall–Kier alpha value is -2.96. The molecule has 1 aromatic carbocycles. The van der Waals surface area contributed by atoms with E-state index in [2.05, 4.69) is 29.4 Å². The quantitative estimate of drug-likeness (QED) is 0.741. The van der Waals surface area contributed by atoms with Crippen LogP contribution < -0.4 is 10.9 Å². The number of fused-ring (bicyclic) bond motifs is 1. The summed E-state index contributed by atoms with van der Waals surface area (Å²) in [7, 11) is 0. The Morgan fingerprint density at radius 3 is 2.72 bits per heavy atom. The van der Waals surface area contributed by atoms with E-state index in [0.717, 1.165) is 16.7 Å². The third-order valence-electron chi connectivity index (χ3n) is 3.90. The molecule has 2 aromatic heterocycles. The molecule has 0 atom stereocenters. The van der Waals surface area contributed by atoms with E-state index in [1.807, 2.05) is 30.3 Å². The second kappa shape index (κ2) is 7.29. The van der Waals surface area contributed by atoms with Gasteiger partial charge < -0.3 is 5.32 Å². The molecule has 2 heterocycles. The van der Waals surface area contributed by atoms with Gasteiger partial charge in [-0.15, -0.1) is 0 Å². The fourth-order valence-corrected chi connectivity index (χ4v) is 2.49. The first-order chi connectivity index (χ1) is 12.0. The van der Waals surface area contributed by atoms with Crippen LogP contribution >= 0.6 is 0 Å². The molecule has 7 heteroatoms. The highest BCUT2D eigenvalue weighted by Gasteiger charge is 2.12. The topological polar surface area (TPSA) is 81.3 Å². The van der Waals surface area contributed by atoms with Crippen LogP contribution in [0.25, 0.3) is 16.8 Å². The van der Waals surface area contributed by atoms with Gasteiger partial charge in [0, 0.05) is 12.1 Å². The van der Waals surface area contributed by atoms with Crippen molar-refractivity contribution in [3.63, 3.8) is 0 Å². The lowest BCUT2D eigenvalue weighted by Crippen LogP contribution is -2.34. The lowest BCUT2D eigenvalue weighted by atomic mass is 10.1. The molecule has 3 rings (SSSR count). The van der Waals surface area contributed by atoms with Gasteiger partial charge in [0.05, 0.1) is 5.69 Å². The SMILES string of the molecule is CC(C)CCNC(=O)Cn1ncn2nc(-c3ccccc3)cc2c1=O. The normalized spacial score (nSPS) is 11.2. The van der Waals surface area contributed by atoms with Gasteiger partial charge in [0.1, 0.15) is 18.4 Å². The number of nitrogens with zero attached hydrogens (tertiary/aromatic N) is 4. The first-order valence-corrected chi connectivity index (χ1v) is 8.32. The summed E-state index contributed by atoms with van der Waals surface area (Å²) in [6.07, 6.45) is 2.35. The molecule has 1 amide bonds. The van der Waals surface area contributed by atoms with Gasteiger partial charge in [-0.2, -0.15) is 10.2 Å². The lowest BCUT2D eigenvalue weighted by Gasteiger charge is -2.08. The second-order valence-electron chi connectivity index (χ2n) is 6.35. The van der Waals surface area contributed by atoms with Gasteiger partial charge >= 0.3 is 0 Å². The van der Waals surface area contributed by atoms with Crippen LogP contribution in [-0.2, 0) is 11.3 Å². The Morgan fingerprint density at radius 2 is 2.00 bits per heavy atom. The molecule has 0 aliphatic rings. The van der Waals surface area contributed by atoms with E-state index >= 15 is 0 Å². The zero-order valence-corrected chi connectivity index (χ0v) is 14.3. The predicted molar refractivity (Wildman–Crippen MR) is 95.1 cm³/mol. The summed E-state index contributed by atoms with van der Waals surface area (Å²) in [4.78, 5) is 24.5. The third kappa shape index (κ3) is 3.93. The van der Waals surface area contributed by atoms with Crippen molar-refractivity contribution in [1.29, 1.82) is 0 Å². The molecule has 0 radical (unpaired) electrons. The summed E-state index contributed by atoms with van der Waals surface area (Å²) in [6.45, 7) is 4.68. The molecule has 0 fully saturated rings. The molecule has 3 aromatic rings. The van der Waals surface area contributed by atoms with Crippen molar-refractivity contribution >= 4 is 11.4 Å². The largest absolute Gasteiger partial charge is 0.354 e. The molecule has 0 saturated heterocycles. The Morgan fingerprint density at radius 1 is 1.24 bits per heavy atom.